The van der Waals surface area contributed by atoms with Crippen molar-refractivity contribution >= 4 is 17.2 Å². The minimum atomic E-state index is -0.512. The summed E-state index contributed by atoms with van der Waals surface area (Å²) in [5, 5.41) is 15.8. The second-order valence-electron chi connectivity index (χ2n) is 10.7. The van der Waals surface area contributed by atoms with Gasteiger partial charge in [-0.05, 0) is 49.8 Å². The maximum atomic E-state index is 12.4. The highest BCUT2D eigenvalue weighted by Crippen LogP contribution is 2.41. The minimum Gasteiger partial charge on any atom is -0.389 e. The van der Waals surface area contributed by atoms with Gasteiger partial charge in [0.2, 0.25) is 0 Å². The fraction of sp³-hybridized carbons (Fsp3) is 0.538. The molecule has 7 heteroatoms. The van der Waals surface area contributed by atoms with Crippen molar-refractivity contribution in [3.8, 4) is 0 Å². The number of benzene rings is 1. The number of aromatic nitrogens is 4. The Balaban J connectivity index is 1.27. The number of hydrogen-bond donors (Lipinski definition) is 1. The molecule has 172 valence electrons. The van der Waals surface area contributed by atoms with Crippen LogP contribution < -0.4 is 4.90 Å². The van der Waals surface area contributed by atoms with E-state index in [4.69, 9.17) is 10.1 Å². The number of anilines is 1. The van der Waals surface area contributed by atoms with E-state index in [2.05, 4.69) is 28.1 Å². The van der Waals surface area contributed by atoms with Crippen LogP contribution in [0.1, 0.15) is 68.5 Å². The first-order valence-corrected chi connectivity index (χ1v) is 12.2. The molecule has 0 bridgehead atoms. The second-order valence-corrected chi connectivity index (χ2v) is 10.7. The lowest BCUT2D eigenvalue weighted by Crippen LogP contribution is -2.53. The molecule has 1 N–H and O–H groups in total. The number of ketones is 1. The van der Waals surface area contributed by atoms with Crippen molar-refractivity contribution in [2.75, 3.05) is 18.0 Å². The normalized spacial score (nSPS) is 26.5. The van der Waals surface area contributed by atoms with Crippen LogP contribution in [-0.2, 0) is 23.1 Å². The minimum absolute atomic E-state index is 0.280. The molecule has 1 saturated heterocycles. The highest BCUT2D eigenvalue weighted by atomic mass is 16.3. The monoisotopic (exact) mass is 445 g/mol. The Bertz CT molecular complexity index is 1250. The predicted octanol–water partition coefficient (Wildman–Crippen LogP) is 3.25. The van der Waals surface area contributed by atoms with Crippen LogP contribution in [0.15, 0.2) is 30.6 Å². The first kappa shape index (κ1) is 20.8. The molecule has 6 rings (SSSR count). The molecule has 3 aromatic rings. The van der Waals surface area contributed by atoms with Gasteiger partial charge in [-0.1, -0.05) is 31.0 Å². The first-order valence-electron chi connectivity index (χ1n) is 12.2. The molecule has 2 aromatic heterocycles. The summed E-state index contributed by atoms with van der Waals surface area (Å²) < 4.78 is 1.82. The summed E-state index contributed by atoms with van der Waals surface area (Å²) in [5.74, 6) is 2.18. The molecular weight excluding hydrogens is 414 g/mol. The van der Waals surface area contributed by atoms with Gasteiger partial charge in [0, 0.05) is 49.7 Å². The van der Waals surface area contributed by atoms with Crippen LogP contribution in [0.3, 0.4) is 0 Å². The van der Waals surface area contributed by atoms with Crippen molar-refractivity contribution < 1.29 is 9.90 Å². The molecule has 1 aromatic carbocycles. The summed E-state index contributed by atoms with van der Waals surface area (Å²) in [4.78, 5) is 24.2. The second kappa shape index (κ2) is 7.35. The van der Waals surface area contributed by atoms with E-state index < -0.39 is 11.0 Å². The third-order valence-electron chi connectivity index (χ3n) is 8.26. The predicted molar refractivity (Wildman–Crippen MR) is 126 cm³/mol. The lowest BCUT2D eigenvalue weighted by Gasteiger charge is -2.47. The summed E-state index contributed by atoms with van der Waals surface area (Å²) in [7, 11) is 0. The molecule has 1 saturated carbocycles. The van der Waals surface area contributed by atoms with Gasteiger partial charge in [-0.15, -0.1) is 0 Å². The van der Waals surface area contributed by atoms with E-state index >= 15 is 0 Å². The number of aliphatic hydroxyl groups is 1. The summed E-state index contributed by atoms with van der Waals surface area (Å²) in [6.45, 7) is 5.62. The molecule has 0 radical (unpaired) electrons. The van der Waals surface area contributed by atoms with Crippen LogP contribution in [0, 0.1) is 5.92 Å². The van der Waals surface area contributed by atoms with Crippen LogP contribution in [0.2, 0.25) is 0 Å². The van der Waals surface area contributed by atoms with Crippen molar-refractivity contribution in [3.05, 3.63) is 53.1 Å². The van der Waals surface area contributed by atoms with Gasteiger partial charge < -0.3 is 10.0 Å². The average molecular weight is 446 g/mol. The molecule has 2 aliphatic carbocycles. The van der Waals surface area contributed by atoms with E-state index in [9.17, 15) is 9.90 Å². The number of carbonyl (C=O) groups excluding carboxylic acids is 1. The maximum Gasteiger partial charge on any atom is 0.198 e. The maximum absolute atomic E-state index is 12.4. The molecule has 33 heavy (non-hydrogen) atoms. The number of Topliss-reactive ketones (excluding diaryl/α,β-unsaturated/α-hetero) is 1. The highest BCUT2D eigenvalue weighted by Gasteiger charge is 2.43. The molecule has 2 atom stereocenters. The van der Waals surface area contributed by atoms with Crippen LogP contribution in [0.5, 0.6) is 0 Å². The molecule has 3 heterocycles. The van der Waals surface area contributed by atoms with Gasteiger partial charge in [-0.3, -0.25) is 4.79 Å². The topological polar surface area (TPSA) is 83.6 Å². The third kappa shape index (κ3) is 3.36. The summed E-state index contributed by atoms with van der Waals surface area (Å²) in [6.07, 6.45) is 9.85. The number of carbonyl (C=O) groups is 1. The Morgan fingerprint density at radius 3 is 2.97 bits per heavy atom. The van der Waals surface area contributed by atoms with Crippen LogP contribution >= 0.6 is 0 Å². The molecule has 0 unspecified atom stereocenters. The quantitative estimate of drug-likeness (QED) is 0.666. The van der Waals surface area contributed by atoms with Gasteiger partial charge in [-0.2, -0.15) is 5.10 Å². The first-order chi connectivity index (χ1) is 15.8. The fourth-order valence-electron chi connectivity index (χ4n) is 6.15. The summed E-state index contributed by atoms with van der Waals surface area (Å²) in [5.41, 5.74) is 3.25. The van der Waals surface area contributed by atoms with Gasteiger partial charge in [0.05, 0.1) is 5.60 Å². The van der Waals surface area contributed by atoms with E-state index in [1.807, 2.05) is 24.6 Å². The average Bonchev–Trinajstić information content (AvgIpc) is 3.30. The van der Waals surface area contributed by atoms with Crippen LogP contribution in [0.25, 0.3) is 5.65 Å². The Morgan fingerprint density at radius 2 is 2.09 bits per heavy atom. The van der Waals surface area contributed by atoms with Gasteiger partial charge in [-0.25, -0.2) is 14.5 Å². The number of piperidine rings is 1. The van der Waals surface area contributed by atoms with Gasteiger partial charge in [0.15, 0.2) is 17.3 Å². The molecule has 0 amide bonds. The number of nitrogens with zero attached hydrogens (tertiary/aromatic N) is 5. The van der Waals surface area contributed by atoms with E-state index in [0.29, 0.717) is 18.8 Å². The molecule has 1 aliphatic heterocycles. The zero-order valence-electron chi connectivity index (χ0n) is 19.4. The van der Waals surface area contributed by atoms with Crippen molar-refractivity contribution in [2.24, 2.45) is 5.92 Å². The molecular formula is C26H31N5O2. The molecule has 3 aliphatic rings. The van der Waals surface area contributed by atoms with E-state index in [1.54, 1.807) is 6.20 Å². The summed E-state index contributed by atoms with van der Waals surface area (Å²) >= 11 is 0. The smallest absolute Gasteiger partial charge is 0.198 e. The summed E-state index contributed by atoms with van der Waals surface area (Å²) in [6, 6.07) is 6.33. The Kier molecular flexibility index (Phi) is 4.63. The SMILES string of the molecule is CC1(C)C(=O)Cc2cc(Cc3nc4c(N5CC[C@@]6(O)CCCC[C@H]6C5)nccn4n3)ccc21. The number of rotatable bonds is 3. The number of fused-ring (bicyclic) bond motifs is 3. The molecule has 0 spiro atoms. The van der Waals surface area contributed by atoms with Gasteiger partial charge >= 0.3 is 0 Å². The Morgan fingerprint density at radius 1 is 1.21 bits per heavy atom. The Hall–Kier alpha value is -2.80. The van der Waals surface area contributed by atoms with Crippen molar-refractivity contribution in [2.45, 2.75) is 69.8 Å². The van der Waals surface area contributed by atoms with E-state index in [0.717, 1.165) is 72.8 Å². The number of hydrogen-bond acceptors (Lipinski definition) is 6. The van der Waals surface area contributed by atoms with Crippen molar-refractivity contribution in [3.63, 3.8) is 0 Å². The standard InChI is InChI=1S/C26H31N5O2/c1-25(2)20-7-6-17(13-18(20)15-21(25)32)14-22-28-24-23(27-10-12-31(24)29-22)30-11-9-26(33)8-4-3-5-19(26)16-30/h6-7,10,12-13,19,33H,3-5,8-9,11,14-16H2,1-2H3/t19-,26-/m0/s1. The van der Waals surface area contributed by atoms with Crippen LogP contribution in [0.4, 0.5) is 5.82 Å². The zero-order chi connectivity index (χ0) is 22.8. The fourth-order valence-corrected chi connectivity index (χ4v) is 6.15. The van der Waals surface area contributed by atoms with Crippen LogP contribution in [-0.4, -0.2) is 49.2 Å². The van der Waals surface area contributed by atoms with Gasteiger partial charge in [0.25, 0.3) is 0 Å². The highest BCUT2D eigenvalue weighted by molar-refractivity contribution is 5.95. The lowest BCUT2D eigenvalue weighted by atomic mass is 9.71. The third-order valence-corrected chi connectivity index (χ3v) is 8.26. The van der Waals surface area contributed by atoms with Crippen molar-refractivity contribution in [1.29, 1.82) is 0 Å². The molecule has 7 nitrogen and oxygen atoms in total. The van der Waals surface area contributed by atoms with E-state index in [-0.39, 0.29) is 5.78 Å². The zero-order valence-corrected chi connectivity index (χ0v) is 19.4. The molecule has 2 fully saturated rings. The lowest BCUT2D eigenvalue weighted by molar-refractivity contribution is -0.121. The van der Waals surface area contributed by atoms with E-state index in [1.165, 1.54) is 6.42 Å². The van der Waals surface area contributed by atoms with Gasteiger partial charge in [0.1, 0.15) is 5.78 Å². The largest absolute Gasteiger partial charge is 0.389 e. The van der Waals surface area contributed by atoms with Crippen molar-refractivity contribution in [1.82, 2.24) is 19.6 Å². The Labute approximate surface area is 193 Å².